The molecule has 2 nitrogen and oxygen atoms in total. The van der Waals surface area contributed by atoms with E-state index in [0.29, 0.717) is 0 Å². The van der Waals surface area contributed by atoms with Gasteiger partial charge in [-0.15, -0.1) is 0 Å². The lowest BCUT2D eigenvalue weighted by atomic mass is 9.76. The number of ether oxygens (including phenoxy) is 1. The molecule has 1 aliphatic rings. The SMILES string of the molecule is COC1(CC(=O)Cc2c(F)cccc2F)CCC1. The number of hydrogen-bond acceptors (Lipinski definition) is 2. The van der Waals surface area contributed by atoms with Crippen LogP contribution in [0.5, 0.6) is 0 Å². The molecule has 1 aromatic rings. The number of benzene rings is 1. The van der Waals surface area contributed by atoms with Crippen molar-refractivity contribution in [2.75, 3.05) is 7.11 Å². The van der Waals surface area contributed by atoms with E-state index < -0.39 is 17.2 Å². The normalized spacial score (nSPS) is 17.3. The van der Waals surface area contributed by atoms with Crippen molar-refractivity contribution in [2.24, 2.45) is 0 Å². The van der Waals surface area contributed by atoms with Crippen molar-refractivity contribution in [3.8, 4) is 0 Å². The van der Waals surface area contributed by atoms with Crippen LogP contribution in [0.4, 0.5) is 8.78 Å². The van der Waals surface area contributed by atoms with Crippen molar-refractivity contribution in [1.29, 1.82) is 0 Å². The Balaban J connectivity index is 2.03. The summed E-state index contributed by atoms with van der Waals surface area (Å²) in [7, 11) is 1.58. The van der Waals surface area contributed by atoms with Crippen LogP contribution < -0.4 is 0 Å². The van der Waals surface area contributed by atoms with Crippen LogP contribution in [0.1, 0.15) is 31.2 Å². The number of rotatable bonds is 5. The maximum atomic E-state index is 13.4. The summed E-state index contributed by atoms with van der Waals surface area (Å²) < 4.78 is 32.1. The van der Waals surface area contributed by atoms with Gasteiger partial charge in [0.05, 0.1) is 5.60 Å². The van der Waals surface area contributed by atoms with Gasteiger partial charge in [0.2, 0.25) is 0 Å². The summed E-state index contributed by atoms with van der Waals surface area (Å²) in [6, 6.07) is 3.63. The third-order valence-electron chi connectivity index (χ3n) is 3.65. The fourth-order valence-corrected chi connectivity index (χ4v) is 2.34. The number of ketones is 1. The number of carbonyl (C=O) groups excluding carboxylic acids is 1. The topological polar surface area (TPSA) is 26.3 Å². The van der Waals surface area contributed by atoms with E-state index in [4.69, 9.17) is 4.74 Å². The fourth-order valence-electron chi connectivity index (χ4n) is 2.34. The van der Waals surface area contributed by atoms with Crippen LogP contribution in [0.15, 0.2) is 18.2 Å². The molecule has 0 heterocycles. The van der Waals surface area contributed by atoms with Gasteiger partial charge >= 0.3 is 0 Å². The van der Waals surface area contributed by atoms with Crippen LogP contribution in [0.3, 0.4) is 0 Å². The molecular weight excluding hydrogens is 238 g/mol. The minimum absolute atomic E-state index is 0.145. The highest BCUT2D eigenvalue weighted by atomic mass is 19.1. The largest absolute Gasteiger partial charge is 0.378 e. The zero-order valence-electron chi connectivity index (χ0n) is 10.3. The Morgan fingerprint density at radius 1 is 1.33 bits per heavy atom. The quantitative estimate of drug-likeness (QED) is 0.807. The van der Waals surface area contributed by atoms with Crippen molar-refractivity contribution in [1.82, 2.24) is 0 Å². The van der Waals surface area contributed by atoms with E-state index in [1.807, 2.05) is 0 Å². The van der Waals surface area contributed by atoms with Crippen LogP contribution in [0.25, 0.3) is 0 Å². The molecule has 1 aliphatic carbocycles. The summed E-state index contributed by atoms with van der Waals surface area (Å²) >= 11 is 0. The average Bonchev–Trinajstić information content (AvgIpc) is 2.29. The summed E-state index contributed by atoms with van der Waals surface area (Å²) in [4.78, 5) is 11.9. The number of methoxy groups -OCH3 is 1. The molecule has 2 rings (SSSR count). The van der Waals surface area contributed by atoms with Gasteiger partial charge in [0.15, 0.2) is 0 Å². The first-order valence-electron chi connectivity index (χ1n) is 6.06. The van der Waals surface area contributed by atoms with Gasteiger partial charge in [0.1, 0.15) is 17.4 Å². The molecule has 1 saturated carbocycles. The van der Waals surface area contributed by atoms with Crippen LogP contribution in [0, 0.1) is 11.6 Å². The molecule has 0 atom stereocenters. The van der Waals surface area contributed by atoms with Gasteiger partial charge in [-0.2, -0.15) is 0 Å². The second-order valence-corrected chi connectivity index (χ2v) is 4.83. The molecule has 0 unspecified atom stereocenters. The number of halogens is 2. The number of carbonyl (C=O) groups is 1. The van der Waals surface area contributed by atoms with Gasteiger partial charge in [-0.05, 0) is 31.4 Å². The average molecular weight is 254 g/mol. The highest BCUT2D eigenvalue weighted by molar-refractivity contribution is 5.82. The molecule has 0 N–H and O–H groups in total. The molecule has 0 bridgehead atoms. The fraction of sp³-hybridized carbons (Fsp3) is 0.500. The lowest BCUT2D eigenvalue weighted by Gasteiger charge is -2.40. The summed E-state index contributed by atoms with van der Waals surface area (Å²) in [6.45, 7) is 0. The van der Waals surface area contributed by atoms with E-state index in [9.17, 15) is 13.6 Å². The van der Waals surface area contributed by atoms with E-state index in [-0.39, 0.29) is 24.2 Å². The Kier molecular flexibility index (Phi) is 3.76. The molecule has 0 amide bonds. The second-order valence-electron chi connectivity index (χ2n) is 4.83. The smallest absolute Gasteiger partial charge is 0.140 e. The van der Waals surface area contributed by atoms with Gasteiger partial charge in [-0.1, -0.05) is 6.07 Å². The molecular formula is C14H16F2O2. The van der Waals surface area contributed by atoms with Gasteiger partial charge in [-0.25, -0.2) is 8.78 Å². The maximum Gasteiger partial charge on any atom is 0.140 e. The minimum Gasteiger partial charge on any atom is -0.378 e. The second kappa shape index (κ2) is 5.14. The standard InChI is InChI=1S/C14H16F2O2/c1-18-14(6-3-7-14)9-10(17)8-11-12(15)4-2-5-13(11)16/h2,4-5H,3,6-9H2,1H3. The molecule has 0 radical (unpaired) electrons. The lowest BCUT2D eigenvalue weighted by Crippen LogP contribution is -2.41. The van der Waals surface area contributed by atoms with Crippen LogP contribution in [0.2, 0.25) is 0 Å². The highest BCUT2D eigenvalue weighted by Gasteiger charge is 2.38. The number of hydrogen-bond donors (Lipinski definition) is 0. The third-order valence-corrected chi connectivity index (χ3v) is 3.65. The van der Waals surface area contributed by atoms with Crippen LogP contribution >= 0.6 is 0 Å². The molecule has 0 aliphatic heterocycles. The molecule has 0 saturated heterocycles. The predicted octanol–water partition coefficient (Wildman–Crippen LogP) is 3.04. The van der Waals surface area contributed by atoms with Crippen LogP contribution in [-0.2, 0) is 16.0 Å². The summed E-state index contributed by atoms with van der Waals surface area (Å²) in [5, 5.41) is 0. The van der Waals surface area contributed by atoms with Gasteiger partial charge in [-0.3, -0.25) is 4.79 Å². The van der Waals surface area contributed by atoms with E-state index in [1.165, 1.54) is 18.2 Å². The first-order chi connectivity index (χ1) is 8.56. The first-order valence-corrected chi connectivity index (χ1v) is 6.06. The Labute approximate surface area is 105 Å². The van der Waals surface area contributed by atoms with E-state index in [0.717, 1.165) is 19.3 Å². The van der Waals surface area contributed by atoms with E-state index in [1.54, 1.807) is 7.11 Å². The molecule has 0 spiro atoms. The van der Waals surface area contributed by atoms with E-state index >= 15 is 0 Å². The Morgan fingerprint density at radius 2 is 1.94 bits per heavy atom. The Hall–Kier alpha value is -1.29. The third kappa shape index (κ3) is 2.58. The molecule has 0 aromatic heterocycles. The first kappa shape index (κ1) is 13.1. The molecule has 1 fully saturated rings. The molecule has 18 heavy (non-hydrogen) atoms. The maximum absolute atomic E-state index is 13.4. The van der Waals surface area contributed by atoms with Crippen molar-refractivity contribution >= 4 is 5.78 Å². The number of Topliss-reactive ketones (excluding diaryl/α,β-unsaturated/α-hetero) is 1. The van der Waals surface area contributed by atoms with Gasteiger partial charge in [0, 0.05) is 25.5 Å². The van der Waals surface area contributed by atoms with Gasteiger partial charge in [0.25, 0.3) is 0 Å². The molecule has 98 valence electrons. The Morgan fingerprint density at radius 3 is 2.39 bits per heavy atom. The summed E-state index contributed by atoms with van der Waals surface area (Å²) in [5.41, 5.74) is -0.535. The van der Waals surface area contributed by atoms with Crippen molar-refractivity contribution in [3.05, 3.63) is 35.4 Å². The van der Waals surface area contributed by atoms with Crippen LogP contribution in [-0.4, -0.2) is 18.5 Å². The molecule has 1 aromatic carbocycles. The van der Waals surface area contributed by atoms with Crippen molar-refractivity contribution in [2.45, 2.75) is 37.7 Å². The van der Waals surface area contributed by atoms with Gasteiger partial charge < -0.3 is 4.74 Å². The Bertz CT molecular complexity index is 427. The van der Waals surface area contributed by atoms with Crippen molar-refractivity contribution in [3.63, 3.8) is 0 Å². The zero-order chi connectivity index (χ0) is 13.2. The predicted molar refractivity (Wildman–Crippen MR) is 63.3 cm³/mol. The van der Waals surface area contributed by atoms with E-state index in [2.05, 4.69) is 0 Å². The summed E-state index contributed by atoms with van der Waals surface area (Å²) in [6.07, 6.45) is 2.75. The zero-order valence-corrected chi connectivity index (χ0v) is 10.3. The van der Waals surface area contributed by atoms with Crippen molar-refractivity contribution < 1.29 is 18.3 Å². The summed E-state index contributed by atoms with van der Waals surface area (Å²) in [5.74, 6) is -1.51. The molecule has 4 heteroatoms. The minimum atomic E-state index is -0.663. The lowest BCUT2D eigenvalue weighted by molar-refractivity contribution is -0.131. The monoisotopic (exact) mass is 254 g/mol. The highest BCUT2D eigenvalue weighted by Crippen LogP contribution is 2.38.